The topological polar surface area (TPSA) is 52.7 Å². The number of hydrogen-bond acceptors (Lipinski definition) is 4. The van der Waals surface area contributed by atoms with E-state index in [4.69, 9.17) is 0 Å². The minimum atomic E-state index is -0.196. The minimum absolute atomic E-state index is 0.0289. The molecule has 0 aliphatic carbocycles. The number of carbonyl (C=O) groups is 2. The number of nitrogens with one attached hydrogen (secondary N) is 1. The first-order valence-electron chi connectivity index (χ1n) is 9.15. The van der Waals surface area contributed by atoms with Crippen LogP contribution in [0.15, 0.2) is 48.5 Å². The number of carbonyl (C=O) groups excluding carboxylic acids is 2. The summed E-state index contributed by atoms with van der Waals surface area (Å²) in [6.07, 6.45) is 0.379. The summed E-state index contributed by atoms with van der Waals surface area (Å²) in [5.41, 5.74) is 1.86. The summed E-state index contributed by atoms with van der Waals surface area (Å²) in [6.45, 7) is 5.22. The highest BCUT2D eigenvalue weighted by molar-refractivity contribution is 5.97. The Balaban J connectivity index is 1.45. The summed E-state index contributed by atoms with van der Waals surface area (Å²) in [7, 11) is 0. The molecule has 1 saturated heterocycles. The molecule has 1 aliphatic heterocycles. The van der Waals surface area contributed by atoms with Crippen LogP contribution in [0.25, 0.3) is 0 Å². The molecule has 6 heteroatoms. The Morgan fingerprint density at radius 3 is 2.48 bits per heavy atom. The van der Waals surface area contributed by atoms with Crippen LogP contribution in [0, 0.1) is 5.82 Å². The highest BCUT2D eigenvalue weighted by Crippen LogP contribution is 2.20. The molecule has 1 heterocycles. The second kappa shape index (κ2) is 8.77. The van der Waals surface area contributed by atoms with E-state index >= 15 is 0 Å². The van der Waals surface area contributed by atoms with Crippen LogP contribution in [0.4, 0.5) is 15.8 Å². The first-order chi connectivity index (χ1) is 13.0. The summed E-state index contributed by atoms with van der Waals surface area (Å²) in [4.78, 5) is 27.9. The van der Waals surface area contributed by atoms with Crippen LogP contribution < -0.4 is 10.2 Å². The third-order valence-corrected chi connectivity index (χ3v) is 4.77. The molecule has 5 nitrogen and oxygen atoms in total. The van der Waals surface area contributed by atoms with E-state index in [1.165, 1.54) is 13.0 Å². The maximum absolute atomic E-state index is 13.9. The molecule has 0 saturated carbocycles. The predicted octanol–water partition coefficient (Wildman–Crippen LogP) is 3.18. The van der Waals surface area contributed by atoms with Crippen LogP contribution in [-0.4, -0.2) is 49.3 Å². The van der Waals surface area contributed by atoms with Crippen molar-refractivity contribution in [3.8, 4) is 0 Å². The lowest BCUT2D eigenvalue weighted by Crippen LogP contribution is -2.47. The number of hydrogen-bond donors (Lipinski definition) is 1. The molecule has 0 unspecified atom stereocenters. The molecule has 1 amide bonds. The predicted molar refractivity (Wildman–Crippen MR) is 105 cm³/mol. The number of Topliss-reactive ketones (excluding diaryl/α,β-unsaturated/α-hetero) is 1. The molecular weight excluding hydrogens is 345 g/mol. The van der Waals surface area contributed by atoms with E-state index in [9.17, 15) is 14.0 Å². The van der Waals surface area contributed by atoms with Gasteiger partial charge >= 0.3 is 0 Å². The smallest absolute Gasteiger partial charge is 0.225 e. The number of amides is 1. The summed E-state index contributed by atoms with van der Waals surface area (Å²) < 4.78 is 13.9. The highest BCUT2D eigenvalue weighted by atomic mass is 19.1. The van der Waals surface area contributed by atoms with Crippen molar-refractivity contribution in [2.75, 3.05) is 42.9 Å². The first kappa shape index (κ1) is 19.0. The van der Waals surface area contributed by atoms with Gasteiger partial charge in [-0.15, -0.1) is 0 Å². The second-order valence-electron chi connectivity index (χ2n) is 6.72. The van der Waals surface area contributed by atoms with Gasteiger partial charge in [0.05, 0.1) is 5.69 Å². The van der Waals surface area contributed by atoms with E-state index in [0.717, 1.165) is 26.2 Å². The molecule has 0 spiro atoms. The molecule has 0 aromatic heterocycles. The zero-order chi connectivity index (χ0) is 19.2. The Morgan fingerprint density at radius 2 is 1.78 bits per heavy atom. The fourth-order valence-electron chi connectivity index (χ4n) is 3.22. The number of anilines is 2. The van der Waals surface area contributed by atoms with E-state index in [1.807, 2.05) is 11.0 Å². The summed E-state index contributed by atoms with van der Waals surface area (Å²) in [6, 6.07) is 13.8. The van der Waals surface area contributed by atoms with Gasteiger partial charge in [-0.05, 0) is 31.2 Å². The number of benzene rings is 2. The molecule has 1 N–H and O–H groups in total. The van der Waals surface area contributed by atoms with Crippen molar-refractivity contribution in [2.45, 2.75) is 13.3 Å². The molecule has 1 fully saturated rings. The molecule has 0 bridgehead atoms. The fraction of sp³-hybridized carbons (Fsp3) is 0.333. The summed E-state index contributed by atoms with van der Waals surface area (Å²) in [5, 5.41) is 2.84. The SMILES string of the molecule is CC(=O)c1cccc(NC(=O)CCN2CCN(c3ccccc3F)CC2)c1. The van der Waals surface area contributed by atoms with Gasteiger partial charge in [-0.2, -0.15) is 0 Å². The molecule has 0 radical (unpaired) electrons. The second-order valence-corrected chi connectivity index (χ2v) is 6.72. The third-order valence-electron chi connectivity index (χ3n) is 4.77. The van der Waals surface area contributed by atoms with Crippen molar-refractivity contribution >= 4 is 23.1 Å². The largest absolute Gasteiger partial charge is 0.367 e. The fourth-order valence-corrected chi connectivity index (χ4v) is 3.22. The van der Waals surface area contributed by atoms with Gasteiger partial charge in [-0.25, -0.2) is 4.39 Å². The van der Waals surface area contributed by atoms with Gasteiger partial charge in [-0.1, -0.05) is 24.3 Å². The zero-order valence-electron chi connectivity index (χ0n) is 15.5. The maximum Gasteiger partial charge on any atom is 0.225 e. The van der Waals surface area contributed by atoms with Crippen molar-refractivity contribution in [2.24, 2.45) is 0 Å². The molecule has 1 aliphatic rings. The summed E-state index contributed by atoms with van der Waals surface area (Å²) >= 11 is 0. The lowest BCUT2D eigenvalue weighted by molar-refractivity contribution is -0.116. The van der Waals surface area contributed by atoms with E-state index in [-0.39, 0.29) is 17.5 Å². The lowest BCUT2D eigenvalue weighted by atomic mass is 10.1. The minimum Gasteiger partial charge on any atom is -0.367 e. The van der Waals surface area contributed by atoms with Crippen LogP contribution in [0.1, 0.15) is 23.7 Å². The maximum atomic E-state index is 13.9. The number of rotatable bonds is 6. The Kier molecular flexibility index (Phi) is 6.19. The van der Waals surface area contributed by atoms with E-state index in [0.29, 0.717) is 29.9 Å². The Bertz CT molecular complexity index is 817. The monoisotopic (exact) mass is 369 g/mol. The van der Waals surface area contributed by atoms with Crippen molar-refractivity contribution < 1.29 is 14.0 Å². The number of halogens is 1. The average Bonchev–Trinajstić information content (AvgIpc) is 2.67. The van der Waals surface area contributed by atoms with Crippen LogP contribution in [0.2, 0.25) is 0 Å². The standard InChI is InChI=1S/C21H24FN3O2/c1-16(26)17-5-4-6-18(15-17)23-21(27)9-10-24-11-13-25(14-12-24)20-8-3-2-7-19(20)22/h2-8,15H,9-14H2,1H3,(H,23,27). The van der Waals surface area contributed by atoms with Crippen molar-refractivity contribution in [3.63, 3.8) is 0 Å². The van der Waals surface area contributed by atoms with Crippen LogP contribution in [-0.2, 0) is 4.79 Å². The number of nitrogens with zero attached hydrogens (tertiary/aromatic N) is 2. The van der Waals surface area contributed by atoms with Gasteiger partial charge in [0.15, 0.2) is 5.78 Å². The van der Waals surface area contributed by atoms with Crippen LogP contribution >= 0.6 is 0 Å². The summed E-state index contributed by atoms with van der Waals surface area (Å²) in [5.74, 6) is -0.302. The van der Waals surface area contributed by atoms with Gasteiger partial charge in [0.1, 0.15) is 5.82 Å². The Hall–Kier alpha value is -2.73. The molecular formula is C21H24FN3O2. The molecule has 2 aromatic carbocycles. The lowest BCUT2D eigenvalue weighted by Gasteiger charge is -2.36. The number of para-hydroxylation sites is 1. The molecule has 0 atom stereocenters. The van der Waals surface area contributed by atoms with Crippen LogP contribution in [0.3, 0.4) is 0 Å². The van der Waals surface area contributed by atoms with Gasteiger partial charge in [0, 0.05) is 50.4 Å². The van der Waals surface area contributed by atoms with Gasteiger partial charge < -0.3 is 10.2 Å². The quantitative estimate of drug-likeness (QED) is 0.795. The van der Waals surface area contributed by atoms with Gasteiger partial charge in [0.25, 0.3) is 0 Å². The highest BCUT2D eigenvalue weighted by Gasteiger charge is 2.19. The van der Waals surface area contributed by atoms with E-state index in [1.54, 1.807) is 36.4 Å². The number of piperazine rings is 1. The van der Waals surface area contributed by atoms with E-state index < -0.39 is 0 Å². The Morgan fingerprint density at radius 1 is 1.04 bits per heavy atom. The van der Waals surface area contributed by atoms with Gasteiger partial charge in [-0.3, -0.25) is 14.5 Å². The van der Waals surface area contributed by atoms with Crippen molar-refractivity contribution in [1.29, 1.82) is 0 Å². The number of ketones is 1. The van der Waals surface area contributed by atoms with E-state index in [2.05, 4.69) is 10.2 Å². The molecule has 3 rings (SSSR count). The molecule has 142 valence electrons. The Labute approximate surface area is 158 Å². The normalized spacial score (nSPS) is 14.8. The average molecular weight is 369 g/mol. The first-order valence-corrected chi connectivity index (χ1v) is 9.15. The van der Waals surface area contributed by atoms with Crippen molar-refractivity contribution in [3.05, 3.63) is 59.9 Å². The van der Waals surface area contributed by atoms with Gasteiger partial charge in [0.2, 0.25) is 5.91 Å². The van der Waals surface area contributed by atoms with Crippen molar-refractivity contribution in [1.82, 2.24) is 4.90 Å². The van der Waals surface area contributed by atoms with Crippen LogP contribution in [0.5, 0.6) is 0 Å². The molecule has 2 aromatic rings. The zero-order valence-corrected chi connectivity index (χ0v) is 15.5. The third kappa shape index (κ3) is 5.14. The molecule has 27 heavy (non-hydrogen) atoms.